The first-order chi connectivity index (χ1) is 10.1. The van der Waals surface area contributed by atoms with Gasteiger partial charge in [0.2, 0.25) is 0 Å². The maximum Gasteiger partial charge on any atom is 0.261 e. The molecule has 21 heavy (non-hydrogen) atoms. The molecule has 1 aromatic heterocycles. The molecule has 0 saturated heterocycles. The molecular formula is C16H13ClN2OS. The second-order valence-corrected chi connectivity index (χ2v) is 6.17. The van der Waals surface area contributed by atoms with E-state index < -0.39 is 0 Å². The minimum absolute atomic E-state index is 0.102. The van der Waals surface area contributed by atoms with Gasteiger partial charge in [0.25, 0.3) is 5.91 Å². The van der Waals surface area contributed by atoms with Crippen molar-refractivity contribution in [3.63, 3.8) is 0 Å². The quantitative estimate of drug-likeness (QED) is 0.716. The zero-order chi connectivity index (χ0) is 14.8. The summed E-state index contributed by atoms with van der Waals surface area (Å²) in [6.07, 6.45) is 0. The molecule has 3 nitrogen and oxygen atoms in total. The van der Waals surface area contributed by atoms with E-state index in [1.54, 1.807) is 0 Å². The fourth-order valence-electron chi connectivity index (χ4n) is 2.08. The number of nitrogen functional groups attached to an aromatic ring is 1. The van der Waals surface area contributed by atoms with E-state index in [2.05, 4.69) is 5.32 Å². The van der Waals surface area contributed by atoms with Gasteiger partial charge in [0.1, 0.15) is 0 Å². The van der Waals surface area contributed by atoms with E-state index in [0.29, 0.717) is 22.1 Å². The second kappa shape index (κ2) is 5.76. The number of nitrogens with one attached hydrogen (secondary N) is 1. The molecule has 0 aliphatic heterocycles. The van der Waals surface area contributed by atoms with Gasteiger partial charge >= 0.3 is 0 Å². The maximum absolute atomic E-state index is 12.2. The molecule has 3 rings (SSSR count). The highest BCUT2D eigenvalue weighted by Crippen LogP contribution is 2.27. The van der Waals surface area contributed by atoms with Gasteiger partial charge in [0, 0.05) is 22.0 Å². The highest BCUT2D eigenvalue weighted by molar-refractivity contribution is 7.20. The number of nitrogens with two attached hydrogens (primary N) is 1. The smallest absolute Gasteiger partial charge is 0.261 e. The number of thiophene rings is 1. The molecule has 0 aliphatic rings. The molecule has 3 aromatic rings. The Morgan fingerprint density at radius 2 is 2.00 bits per heavy atom. The van der Waals surface area contributed by atoms with E-state index in [-0.39, 0.29) is 5.91 Å². The minimum Gasteiger partial charge on any atom is -0.399 e. The summed E-state index contributed by atoms with van der Waals surface area (Å²) in [6.45, 7) is 0.412. The molecule has 2 aromatic carbocycles. The number of carbonyl (C=O) groups is 1. The first-order valence-electron chi connectivity index (χ1n) is 6.44. The van der Waals surface area contributed by atoms with E-state index in [0.717, 1.165) is 15.6 Å². The SMILES string of the molecule is Nc1ccc2sc(C(=O)NCc3ccccc3Cl)cc2c1. The number of fused-ring (bicyclic) bond motifs is 1. The predicted octanol–water partition coefficient (Wildman–Crippen LogP) is 4.07. The highest BCUT2D eigenvalue weighted by Gasteiger charge is 2.10. The zero-order valence-corrected chi connectivity index (χ0v) is 12.7. The molecule has 0 unspecified atom stereocenters. The van der Waals surface area contributed by atoms with Gasteiger partial charge in [0.05, 0.1) is 4.88 Å². The van der Waals surface area contributed by atoms with Gasteiger partial charge in [-0.3, -0.25) is 4.79 Å². The molecule has 0 saturated carbocycles. The summed E-state index contributed by atoms with van der Waals surface area (Å²) in [4.78, 5) is 12.9. The van der Waals surface area contributed by atoms with Crippen LogP contribution in [0.1, 0.15) is 15.2 Å². The number of halogens is 1. The Morgan fingerprint density at radius 1 is 1.19 bits per heavy atom. The number of benzene rings is 2. The molecule has 0 radical (unpaired) electrons. The van der Waals surface area contributed by atoms with E-state index in [1.807, 2.05) is 48.5 Å². The minimum atomic E-state index is -0.102. The molecule has 0 spiro atoms. The van der Waals surface area contributed by atoms with Crippen LogP contribution in [0, 0.1) is 0 Å². The van der Waals surface area contributed by atoms with Crippen LogP contribution in [0.2, 0.25) is 5.02 Å². The van der Waals surface area contributed by atoms with Gasteiger partial charge < -0.3 is 11.1 Å². The molecule has 0 aliphatic carbocycles. The molecular weight excluding hydrogens is 304 g/mol. The van der Waals surface area contributed by atoms with Crippen molar-refractivity contribution in [2.75, 3.05) is 5.73 Å². The van der Waals surface area contributed by atoms with Crippen LogP contribution in [0.15, 0.2) is 48.5 Å². The van der Waals surface area contributed by atoms with Gasteiger partial charge in [-0.1, -0.05) is 29.8 Å². The lowest BCUT2D eigenvalue weighted by Gasteiger charge is -2.05. The van der Waals surface area contributed by atoms with E-state index >= 15 is 0 Å². The highest BCUT2D eigenvalue weighted by atomic mass is 35.5. The van der Waals surface area contributed by atoms with Crippen molar-refractivity contribution in [2.45, 2.75) is 6.54 Å². The van der Waals surface area contributed by atoms with Gasteiger partial charge in [-0.25, -0.2) is 0 Å². The summed E-state index contributed by atoms with van der Waals surface area (Å²) in [5, 5.41) is 4.53. The predicted molar refractivity (Wildman–Crippen MR) is 88.9 cm³/mol. The number of rotatable bonds is 3. The number of hydrogen-bond donors (Lipinski definition) is 2. The lowest BCUT2D eigenvalue weighted by molar-refractivity contribution is 0.0955. The van der Waals surface area contributed by atoms with Crippen molar-refractivity contribution in [2.24, 2.45) is 0 Å². The average Bonchev–Trinajstić information content (AvgIpc) is 2.89. The standard InChI is InChI=1S/C16H13ClN2OS/c17-13-4-2-1-3-10(13)9-19-16(20)15-8-11-7-12(18)5-6-14(11)21-15/h1-8H,9,18H2,(H,19,20). The first-order valence-corrected chi connectivity index (χ1v) is 7.63. The average molecular weight is 317 g/mol. The monoisotopic (exact) mass is 316 g/mol. The third-order valence-electron chi connectivity index (χ3n) is 3.16. The van der Waals surface area contributed by atoms with Crippen LogP contribution in [0.4, 0.5) is 5.69 Å². The fourth-order valence-corrected chi connectivity index (χ4v) is 3.24. The third-order valence-corrected chi connectivity index (χ3v) is 4.64. The molecule has 0 fully saturated rings. The molecule has 5 heteroatoms. The van der Waals surface area contributed by atoms with E-state index in [9.17, 15) is 4.79 Å². The van der Waals surface area contributed by atoms with Gasteiger partial charge in [-0.2, -0.15) is 0 Å². The summed E-state index contributed by atoms with van der Waals surface area (Å²) >= 11 is 7.53. The second-order valence-electron chi connectivity index (χ2n) is 4.68. The summed E-state index contributed by atoms with van der Waals surface area (Å²) in [7, 11) is 0. The largest absolute Gasteiger partial charge is 0.399 e. The first kappa shape index (κ1) is 13.9. The van der Waals surface area contributed by atoms with Crippen LogP contribution in [0.5, 0.6) is 0 Å². The molecule has 1 amide bonds. The van der Waals surface area contributed by atoms with Crippen LogP contribution >= 0.6 is 22.9 Å². The Labute approximate surface area is 131 Å². The van der Waals surface area contributed by atoms with Crippen molar-refractivity contribution >= 4 is 44.6 Å². The van der Waals surface area contributed by atoms with Crippen molar-refractivity contribution < 1.29 is 4.79 Å². The molecule has 106 valence electrons. The number of carbonyl (C=O) groups excluding carboxylic acids is 1. The lowest BCUT2D eigenvalue weighted by Crippen LogP contribution is -2.21. The van der Waals surface area contributed by atoms with Crippen molar-refractivity contribution in [1.29, 1.82) is 0 Å². The van der Waals surface area contributed by atoms with Crippen LogP contribution in [-0.2, 0) is 6.54 Å². The Morgan fingerprint density at radius 3 is 2.81 bits per heavy atom. The summed E-state index contributed by atoms with van der Waals surface area (Å²) in [5.41, 5.74) is 7.35. The fraction of sp³-hybridized carbons (Fsp3) is 0.0625. The zero-order valence-electron chi connectivity index (χ0n) is 11.1. The van der Waals surface area contributed by atoms with Crippen molar-refractivity contribution in [1.82, 2.24) is 5.32 Å². The number of anilines is 1. The van der Waals surface area contributed by atoms with E-state index in [1.165, 1.54) is 11.3 Å². The van der Waals surface area contributed by atoms with Crippen LogP contribution < -0.4 is 11.1 Å². The van der Waals surface area contributed by atoms with Gasteiger partial charge in [-0.15, -0.1) is 11.3 Å². The Hall–Kier alpha value is -2.04. The molecule has 3 N–H and O–H groups in total. The van der Waals surface area contributed by atoms with E-state index in [4.69, 9.17) is 17.3 Å². The maximum atomic E-state index is 12.2. The van der Waals surface area contributed by atoms with Crippen molar-refractivity contribution in [3.8, 4) is 0 Å². The Kier molecular flexibility index (Phi) is 3.82. The molecule has 0 atom stereocenters. The van der Waals surface area contributed by atoms with Crippen molar-refractivity contribution in [3.05, 3.63) is 64.0 Å². The van der Waals surface area contributed by atoms with Crippen LogP contribution in [-0.4, -0.2) is 5.91 Å². The van der Waals surface area contributed by atoms with Gasteiger partial charge in [0.15, 0.2) is 0 Å². The van der Waals surface area contributed by atoms with Crippen LogP contribution in [0.25, 0.3) is 10.1 Å². The van der Waals surface area contributed by atoms with Crippen LogP contribution in [0.3, 0.4) is 0 Å². The lowest BCUT2D eigenvalue weighted by atomic mass is 10.2. The summed E-state index contributed by atoms with van der Waals surface area (Å²) in [6, 6.07) is 15.0. The topological polar surface area (TPSA) is 55.1 Å². The molecule has 0 bridgehead atoms. The Balaban J connectivity index is 1.76. The summed E-state index contributed by atoms with van der Waals surface area (Å²) < 4.78 is 1.05. The Bertz CT molecular complexity index is 813. The summed E-state index contributed by atoms with van der Waals surface area (Å²) in [5.74, 6) is -0.102. The normalized spacial score (nSPS) is 10.7. The molecule has 1 heterocycles. The third kappa shape index (κ3) is 3.01. The number of hydrogen-bond acceptors (Lipinski definition) is 3. The van der Waals surface area contributed by atoms with Gasteiger partial charge in [-0.05, 0) is 41.3 Å². The number of amides is 1.